The van der Waals surface area contributed by atoms with Crippen molar-refractivity contribution in [1.29, 1.82) is 0 Å². The molecule has 0 saturated carbocycles. The zero-order chi connectivity index (χ0) is 15.4. The molecule has 0 aliphatic rings. The number of hydrogen-bond acceptors (Lipinski definition) is 4. The van der Waals surface area contributed by atoms with Crippen molar-refractivity contribution >= 4 is 11.6 Å². The number of anilines is 2. The van der Waals surface area contributed by atoms with E-state index < -0.39 is 0 Å². The average molecular weight is 284 g/mol. The first-order chi connectivity index (χ1) is 9.99. The lowest BCUT2D eigenvalue weighted by molar-refractivity contribution is 0.759. The van der Waals surface area contributed by atoms with Crippen LogP contribution in [0.1, 0.15) is 36.7 Å². The van der Waals surface area contributed by atoms with Gasteiger partial charge in [0.25, 0.3) is 0 Å². The van der Waals surface area contributed by atoms with Gasteiger partial charge < -0.3 is 10.6 Å². The highest BCUT2D eigenvalue weighted by molar-refractivity contribution is 5.56. The van der Waals surface area contributed by atoms with Crippen LogP contribution >= 0.6 is 0 Å². The van der Waals surface area contributed by atoms with E-state index in [1.807, 2.05) is 13.0 Å². The van der Waals surface area contributed by atoms with Crippen LogP contribution in [0.2, 0.25) is 0 Å². The van der Waals surface area contributed by atoms with Gasteiger partial charge in [-0.2, -0.15) is 0 Å². The largest absolute Gasteiger partial charge is 0.383 e. The minimum Gasteiger partial charge on any atom is -0.383 e. The summed E-state index contributed by atoms with van der Waals surface area (Å²) in [4.78, 5) is 11.2. The maximum absolute atomic E-state index is 6.03. The van der Waals surface area contributed by atoms with Crippen LogP contribution in [0.25, 0.3) is 0 Å². The monoisotopic (exact) mass is 284 g/mol. The number of nitrogen functional groups attached to an aromatic ring is 1. The van der Waals surface area contributed by atoms with E-state index in [1.54, 1.807) is 0 Å². The Labute approximate surface area is 127 Å². The number of rotatable bonds is 5. The summed E-state index contributed by atoms with van der Waals surface area (Å²) in [6.45, 7) is 7.04. The second-order valence-corrected chi connectivity index (χ2v) is 5.73. The second kappa shape index (κ2) is 6.57. The summed E-state index contributed by atoms with van der Waals surface area (Å²) in [7, 11) is 2.06. The molecule has 0 radical (unpaired) electrons. The number of aromatic nitrogens is 2. The first-order valence-corrected chi connectivity index (χ1v) is 7.38. The van der Waals surface area contributed by atoms with E-state index in [9.17, 15) is 0 Å². The minimum absolute atomic E-state index is 0.272. The van der Waals surface area contributed by atoms with Crippen LogP contribution in [0.15, 0.2) is 30.3 Å². The van der Waals surface area contributed by atoms with Gasteiger partial charge in [0.05, 0.1) is 0 Å². The Hall–Kier alpha value is -2.10. The van der Waals surface area contributed by atoms with Crippen LogP contribution < -0.4 is 10.6 Å². The van der Waals surface area contributed by atoms with Crippen LogP contribution in [0.3, 0.4) is 0 Å². The first kappa shape index (κ1) is 15.3. The van der Waals surface area contributed by atoms with Gasteiger partial charge >= 0.3 is 0 Å². The van der Waals surface area contributed by atoms with Gasteiger partial charge in [-0.25, -0.2) is 9.97 Å². The summed E-state index contributed by atoms with van der Waals surface area (Å²) in [5.74, 6) is 2.59. The molecule has 2 N–H and O–H groups in total. The molecule has 1 aromatic heterocycles. The first-order valence-electron chi connectivity index (χ1n) is 7.38. The molecule has 1 aromatic carbocycles. The molecule has 0 saturated heterocycles. The van der Waals surface area contributed by atoms with Crippen molar-refractivity contribution in [2.45, 2.75) is 33.1 Å². The topological polar surface area (TPSA) is 55.0 Å². The van der Waals surface area contributed by atoms with Crippen LogP contribution in [0.5, 0.6) is 0 Å². The molecule has 1 heterocycles. The summed E-state index contributed by atoms with van der Waals surface area (Å²) < 4.78 is 0. The van der Waals surface area contributed by atoms with E-state index in [2.05, 4.69) is 60.0 Å². The third kappa shape index (κ3) is 3.72. The van der Waals surface area contributed by atoms with Crippen LogP contribution in [0, 0.1) is 6.92 Å². The van der Waals surface area contributed by atoms with Crippen LogP contribution in [-0.2, 0) is 6.42 Å². The summed E-state index contributed by atoms with van der Waals surface area (Å²) in [6.07, 6.45) is 0.984. The van der Waals surface area contributed by atoms with Crippen LogP contribution in [-0.4, -0.2) is 23.6 Å². The number of likely N-dealkylation sites (N-methyl/N-ethyl adjacent to an activating group) is 1. The fourth-order valence-electron chi connectivity index (χ4n) is 2.22. The molecule has 4 nitrogen and oxygen atoms in total. The Balaban J connectivity index is 2.16. The van der Waals surface area contributed by atoms with E-state index >= 15 is 0 Å². The number of nitrogens with zero attached hydrogens (tertiary/aromatic N) is 3. The number of nitrogens with two attached hydrogens (primary N) is 1. The van der Waals surface area contributed by atoms with Gasteiger partial charge in [0.1, 0.15) is 17.5 Å². The Morgan fingerprint density at radius 2 is 1.81 bits per heavy atom. The van der Waals surface area contributed by atoms with Crippen molar-refractivity contribution in [1.82, 2.24) is 9.97 Å². The number of benzene rings is 1. The van der Waals surface area contributed by atoms with E-state index in [0.717, 1.165) is 30.2 Å². The van der Waals surface area contributed by atoms with Gasteiger partial charge in [-0.3, -0.25) is 0 Å². The molecular weight excluding hydrogens is 260 g/mol. The Kier molecular flexibility index (Phi) is 4.78. The Morgan fingerprint density at radius 1 is 1.14 bits per heavy atom. The standard InChI is InChI=1S/C17H24N4/c1-12(2)16-19-15(18)13(3)17(20-16)21(4)11-10-14-8-6-5-7-9-14/h5-9,12H,10-11H2,1-4H3,(H2,18,19,20). The molecule has 2 aromatic rings. The van der Waals surface area contributed by atoms with Gasteiger partial charge in [0.15, 0.2) is 0 Å². The van der Waals surface area contributed by atoms with Crippen molar-refractivity contribution in [2.24, 2.45) is 0 Å². The van der Waals surface area contributed by atoms with E-state index in [-0.39, 0.29) is 5.92 Å². The molecular formula is C17H24N4. The van der Waals surface area contributed by atoms with Crippen molar-refractivity contribution in [3.8, 4) is 0 Å². The predicted molar refractivity (Wildman–Crippen MR) is 88.7 cm³/mol. The smallest absolute Gasteiger partial charge is 0.137 e. The summed E-state index contributed by atoms with van der Waals surface area (Å²) in [6, 6.07) is 10.5. The summed E-state index contributed by atoms with van der Waals surface area (Å²) in [5, 5.41) is 0. The molecule has 0 aliphatic heterocycles. The molecule has 21 heavy (non-hydrogen) atoms. The highest BCUT2D eigenvalue weighted by Gasteiger charge is 2.14. The lowest BCUT2D eigenvalue weighted by Crippen LogP contribution is -2.24. The van der Waals surface area contributed by atoms with Crippen molar-refractivity contribution in [2.75, 3.05) is 24.2 Å². The molecule has 0 atom stereocenters. The van der Waals surface area contributed by atoms with E-state index in [4.69, 9.17) is 5.73 Å². The molecule has 0 unspecified atom stereocenters. The predicted octanol–water partition coefficient (Wildman–Crippen LogP) is 3.17. The molecule has 0 fully saturated rings. The van der Waals surface area contributed by atoms with Gasteiger partial charge in [-0.05, 0) is 18.9 Å². The van der Waals surface area contributed by atoms with Crippen molar-refractivity contribution < 1.29 is 0 Å². The molecule has 112 valence electrons. The maximum Gasteiger partial charge on any atom is 0.137 e. The highest BCUT2D eigenvalue weighted by atomic mass is 15.2. The molecule has 0 bridgehead atoms. The van der Waals surface area contributed by atoms with Crippen LogP contribution in [0.4, 0.5) is 11.6 Å². The second-order valence-electron chi connectivity index (χ2n) is 5.73. The zero-order valence-corrected chi connectivity index (χ0v) is 13.3. The summed E-state index contributed by atoms with van der Waals surface area (Å²) >= 11 is 0. The van der Waals surface area contributed by atoms with E-state index in [1.165, 1.54) is 5.56 Å². The fraction of sp³-hybridized carbons (Fsp3) is 0.412. The molecule has 0 aliphatic carbocycles. The van der Waals surface area contributed by atoms with Gasteiger partial charge in [-0.15, -0.1) is 0 Å². The molecule has 2 rings (SSSR count). The third-order valence-corrected chi connectivity index (χ3v) is 3.63. The van der Waals surface area contributed by atoms with Gasteiger partial charge in [-0.1, -0.05) is 44.2 Å². The fourth-order valence-corrected chi connectivity index (χ4v) is 2.22. The highest BCUT2D eigenvalue weighted by Crippen LogP contribution is 2.23. The molecule has 0 spiro atoms. The van der Waals surface area contributed by atoms with E-state index in [0.29, 0.717) is 5.82 Å². The van der Waals surface area contributed by atoms with Crippen molar-refractivity contribution in [3.63, 3.8) is 0 Å². The summed E-state index contributed by atoms with van der Waals surface area (Å²) in [5.41, 5.74) is 8.31. The molecule has 0 amide bonds. The lowest BCUT2D eigenvalue weighted by Gasteiger charge is -2.22. The van der Waals surface area contributed by atoms with Gasteiger partial charge in [0, 0.05) is 25.1 Å². The third-order valence-electron chi connectivity index (χ3n) is 3.63. The minimum atomic E-state index is 0.272. The normalized spacial score (nSPS) is 10.9. The average Bonchev–Trinajstić information content (AvgIpc) is 2.48. The SMILES string of the molecule is Cc1c(N)nc(C(C)C)nc1N(C)CCc1ccccc1. The lowest BCUT2D eigenvalue weighted by atomic mass is 10.1. The van der Waals surface area contributed by atoms with Gasteiger partial charge in [0.2, 0.25) is 0 Å². The maximum atomic E-state index is 6.03. The Morgan fingerprint density at radius 3 is 2.43 bits per heavy atom. The number of hydrogen-bond donors (Lipinski definition) is 1. The zero-order valence-electron chi connectivity index (χ0n) is 13.3. The van der Waals surface area contributed by atoms with Crippen molar-refractivity contribution in [3.05, 3.63) is 47.3 Å². The molecule has 4 heteroatoms. The Bertz CT molecular complexity index is 593. The quantitative estimate of drug-likeness (QED) is 0.916.